The molecule has 1 saturated heterocycles. The van der Waals surface area contributed by atoms with Crippen LogP contribution in [0.1, 0.15) is 26.3 Å². The van der Waals surface area contributed by atoms with E-state index < -0.39 is 29.4 Å². The van der Waals surface area contributed by atoms with Crippen LogP contribution in [0, 0.1) is 0 Å². The molecule has 9 heteroatoms. The Hall–Kier alpha value is -2.58. The lowest BCUT2D eigenvalue weighted by Crippen LogP contribution is -2.65. The molecule has 3 rings (SSSR count). The number of hydrogen-bond acceptors (Lipinski definition) is 5. The third-order valence-electron chi connectivity index (χ3n) is 3.94. The fraction of sp³-hybridized carbons (Fsp3) is 0.500. The van der Waals surface area contributed by atoms with Crippen molar-refractivity contribution in [2.75, 3.05) is 13.1 Å². The van der Waals surface area contributed by atoms with Crippen molar-refractivity contribution in [2.24, 2.45) is 0 Å². The van der Waals surface area contributed by atoms with E-state index in [1.54, 1.807) is 20.8 Å². The number of fused-ring (bicyclic) bond motifs is 1. The van der Waals surface area contributed by atoms with Crippen LogP contribution in [0.3, 0.4) is 0 Å². The van der Waals surface area contributed by atoms with Gasteiger partial charge in [0.25, 0.3) is 0 Å². The number of carboxylic acid groups (broad SMARTS) is 1. The first-order chi connectivity index (χ1) is 11.4. The molecule has 0 saturated carbocycles. The number of ether oxygens (including phenoxy) is 3. The van der Waals surface area contributed by atoms with Crippen molar-refractivity contribution in [3.63, 3.8) is 0 Å². The van der Waals surface area contributed by atoms with Gasteiger partial charge in [-0.2, -0.15) is 0 Å². The van der Waals surface area contributed by atoms with Gasteiger partial charge >= 0.3 is 18.4 Å². The molecule has 0 atom stereocenters. The van der Waals surface area contributed by atoms with Gasteiger partial charge in [0.05, 0.1) is 0 Å². The van der Waals surface area contributed by atoms with E-state index in [4.69, 9.17) is 4.74 Å². The molecule has 1 aromatic carbocycles. The second-order valence-corrected chi connectivity index (χ2v) is 7.05. The summed E-state index contributed by atoms with van der Waals surface area (Å²) in [5.74, 6) is -1.57. The van der Waals surface area contributed by atoms with Gasteiger partial charge in [0, 0.05) is 13.1 Å². The van der Waals surface area contributed by atoms with Crippen molar-refractivity contribution in [3.8, 4) is 11.5 Å². The minimum absolute atomic E-state index is 0.132. The molecule has 0 bridgehead atoms. The Balaban J connectivity index is 1.81. The topological polar surface area (TPSA) is 85.3 Å². The highest BCUT2D eigenvalue weighted by Gasteiger charge is 2.54. The Labute approximate surface area is 142 Å². The van der Waals surface area contributed by atoms with Crippen molar-refractivity contribution in [1.82, 2.24) is 4.90 Å². The van der Waals surface area contributed by atoms with E-state index in [1.165, 1.54) is 23.1 Å². The maximum atomic E-state index is 13.1. The fourth-order valence-corrected chi connectivity index (χ4v) is 2.75. The van der Waals surface area contributed by atoms with Crippen LogP contribution in [0.2, 0.25) is 0 Å². The number of likely N-dealkylation sites (tertiary alicyclic amines) is 1. The number of alkyl halides is 2. The minimum atomic E-state index is -3.78. The van der Waals surface area contributed by atoms with Crippen molar-refractivity contribution in [1.29, 1.82) is 0 Å². The zero-order valence-electron chi connectivity index (χ0n) is 13.8. The quantitative estimate of drug-likeness (QED) is 0.876. The van der Waals surface area contributed by atoms with Crippen molar-refractivity contribution < 1.29 is 37.7 Å². The van der Waals surface area contributed by atoms with E-state index in [2.05, 4.69) is 9.47 Å². The van der Waals surface area contributed by atoms with Gasteiger partial charge in [-0.1, -0.05) is 6.07 Å². The monoisotopic (exact) mass is 357 g/mol. The molecule has 0 spiro atoms. The van der Waals surface area contributed by atoms with E-state index in [-0.39, 0.29) is 30.2 Å². The van der Waals surface area contributed by atoms with Crippen molar-refractivity contribution in [2.45, 2.75) is 38.1 Å². The van der Waals surface area contributed by atoms with Crippen LogP contribution in [0.4, 0.5) is 13.6 Å². The van der Waals surface area contributed by atoms with E-state index in [0.717, 1.165) is 0 Å². The average Bonchev–Trinajstić information content (AvgIpc) is 2.67. The molecule has 1 aromatic rings. The van der Waals surface area contributed by atoms with Gasteiger partial charge in [0.2, 0.25) is 0 Å². The number of nitrogens with zero attached hydrogens (tertiary/aromatic N) is 1. The molecular formula is C16H17F2NO6. The summed E-state index contributed by atoms with van der Waals surface area (Å²) in [6.45, 7) is 4.84. The highest BCUT2D eigenvalue weighted by atomic mass is 19.3. The molecule has 2 aliphatic rings. The molecule has 2 heterocycles. The lowest BCUT2D eigenvalue weighted by Gasteiger charge is -2.47. The summed E-state index contributed by atoms with van der Waals surface area (Å²) >= 11 is 0. The maximum Gasteiger partial charge on any atom is 0.586 e. The van der Waals surface area contributed by atoms with Crippen LogP contribution in [-0.2, 0) is 14.9 Å². The number of benzene rings is 1. The molecule has 0 aliphatic carbocycles. The summed E-state index contributed by atoms with van der Waals surface area (Å²) in [5.41, 5.74) is -1.87. The molecular weight excluding hydrogens is 340 g/mol. The van der Waals surface area contributed by atoms with E-state index in [1.807, 2.05) is 0 Å². The second-order valence-electron chi connectivity index (χ2n) is 7.05. The standard InChI is InChI=1S/C16H17F2NO6/c1-14(2,3)25-13(22)19-7-15(8-19,12(20)21)9-4-5-10-11(6-9)24-16(17,18)23-10/h4-6H,7-8H2,1-3H3,(H,20,21). The number of halogens is 2. The Bertz CT molecular complexity index is 737. The highest BCUT2D eigenvalue weighted by Crippen LogP contribution is 2.45. The molecule has 1 fully saturated rings. The van der Waals surface area contributed by atoms with Gasteiger partial charge in [0.15, 0.2) is 11.5 Å². The first kappa shape index (κ1) is 17.2. The maximum absolute atomic E-state index is 13.1. The van der Waals surface area contributed by atoms with E-state index in [9.17, 15) is 23.5 Å². The Morgan fingerprint density at radius 2 is 1.80 bits per heavy atom. The summed E-state index contributed by atoms with van der Waals surface area (Å²) in [7, 11) is 0. The molecule has 0 aromatic heterocycles. The Morgan fingerprint density at radius 3 is 2.36 bits per heavy atom. The lowest BCUT2D eigenvalue weighted by atomic mass is 9.74. The Morgan fingerprint density at radius 1 is 1.20 bits per heavy atom. The molecule has 25 heavy (non-hydrogen) atoms. The smallest absolute Gasteiger partial charge is 0.480 e. The third-order valence-corrected chi connectivity index (χ3v) is 3.94. The van der Waals surface area contributed by atoms with Gasteiger partial charge in [-0.3, -0.25) is 4.79 Å². The van der Waals surface area contributed by atoms with Crippen molar-refractivity contribution in [3.05, 3.63) is 23.8 Å². The zero-order valence-corrected chi connectivity index (χ0v) is 13.8. The SMILES string of the molecule is CC(C)(C)OC(=O)N1CC(C(=O)O)(c2ccc3c(c2)OC(F)(F)O3)C1. The van der Waals surface area contributed by atoms with Crippen LogP contribution >= 0.6 is 0 Å². The van der Waals surface area contributed by atoms with Gasteiger partial charge in [-0.25, -0.2) is 4.79 Å². The number of aliphatic carboxylic acids is 1. The first-order valence-corrected chi connectivity index (χ1v) is 7.54. The number of carbonyl (C=O) groups excluding carboxylic acids is 1. The number of rotatable bonds is 2. The number of carboxylic acids is 1. The van der Waals surface area contributed by atoms with E-state index >= 15 is 0 Å². The predicted octanol–water partition coefficient (Wildman–Crippen LogP) is 2.58. The summed E-state index contributed by atoms with van der Waals surface area (Å²) in [4.78, 5) is 25.1. The predicted molar refractivity (Wildman–Crippen MR) is 79.8 cm³/mol. The van der Waals surface area contributed by atoms with Gasteiger partial charge < -0.3 is 24.2 Å². The summed E-state index contributed by atoms with van der Waals surface area (Å²) in [6.07, 6.45) is -4.41. The van der Waals surface area contributed by atoms with Crippen LogP contribution in [-0.4, -0.2) is 47.1 Å². The second kappa shape index (κ2) is 5.21. The minimum Gasteiger partial charge on any atom is -0.480 e. The molecule has 2 aliphatic heterocycles. The molecule has 136 valence electrons. The largest absolute Gasteiger partial charge is 0.586 e. The normalized spacial score (nSPS) is 20.0. The number of hydrogen-bond donors (Lipinski definition) is 1. The van der Waals surface area contributed by atoms with Crippen LogP contribution in [0.15, 0.2) is 18.2 Å². The number of amides is 1. The summed E-state index contributed by atoms with van der Waals surface area (Å²) < 4.78 is 40.1. The van der Waals surface area contributed by atoms with Gasteiger partial charge in [-0.15, -0.1) is 8.78 Å². The summed E-state index contributed by atoms with van der Waals surface area (Å²) in [6, 6.07) is 3.81. The van der Waals surface area contributed by atoms with Gasteiger partial charge in [-0.05, 0) is 38.5 Å². The molecule has 7 nitrogen and oxygen atoms in total. The molecule has 0 unspecified atom stereocenters. The first-order valence-electron chi connectivity index (χ1n) is 7.54. The number of carbonyl (C=O) groups is 2. The highest BCUT2D eigenvalue weighted by molar-refractivity contribution is 5.86. The third kappa shape index (κ3) is 3.06. The van der Waals surface area contributed by atoms with Crippen LogP contribution < -0.4 is 9.47 Å². The molecule has 1 N–H and O–H groups in total. The van der Waals surface area contributed by atoms with E-state index in [0.29, 0.717) is 0 Å². The fourth-order valence-electron chi connectivity index (χ4n) is 2.75. The van der Waals surface area contributed by atoms with Crippen LogP contribution in [0.25, 0.3) is 0 Å². The molecule has 1 amide bonds. The summed E-state index contributed by atoms with van der Waals surface area (Å²) in [5, 5.41) is 9.62. The average molecular weight is 357 g/mol. The lowest BCUT2D eigenvalue weighted by molar-refractivity contribution is -0.286. The Kier molecular flexibility index (Phi) is 3.59. The van der Waals surface area contributed by atoms with Gasteiger partial charge in [0.1, 0.15) is 11.0 Å². The zero-order chi connectivity index (χ0) is 18.6. The van der Waals surface area contributed by atoms with Crippen LogP contribution in [0.5, 0.6) is 11.5 Å². The molecule has 0 radical (unpaired) electrons. The van der Waals surface area contributed by atoms with Crippen molar-refractivity contribution >= 4 is 12.1 Å².